The number of halogens is 2. The highest BCUT2D eigenvalue weighted by molar-refractivity contribution is 7.49. The van der Waals surface area contributed by atoms with Crippen LogP contribution in [-0.4, -0.2) is 33.2 Å². The first kappa shape index (κ1) is 26.2. The molecule has 10 nitrogen and oxygen atoms in total. The molecule has 4 rings (SSSR count). The summed E-state index contributed by atoms with van der Waals surface area (Å²) < 4.78 is 74.4. The number of hydrogen-bond acceptors (Lipinski definition) is 8. The van der Waals surface area contributed by atoms with Crippen LogP contribution < -0.4 is 15.8 Å². The van der Waals surface area contributed by atoms with Gasteiger partial charge in [0.15, 0.2) is 6.20 Å². The number of benzene rings is 1. The fraction of sp³-hybridized carbons (Fsp3) is 0.583. The number of phosphoric acid groups is 1. The molecule has 2 aliphatic rings. The van der Waals surface area contributed by atoms with Gasteiger partial charge in [-0.05, 0) is 22.5 Å². The molecule has 2 aromatic rings. The molecule has 204 valence electrons. The highest BCUT2D eigenvalue weighted by Crippen LogP contribution is 2.58. The molecule has 0 saturated carbocycles. The first-order valence-electron chi connectivity index (χ1n) is 12.1. The molecule has 0 aliphatic carbocycles. The summed E-state index contributed by atoms with van der Waals surface area (Å²) in [6.45, 7) is 9.59. The summed E-state index contributed by atoms with van der Waals surface area (Å²) in [5.41, 5.74) is -1.94. The molecule has 0 spiro atoms. The summed E-state index contributed by atoms with van der Waals surface area (Å²) in [6.07, 6.45) is -4.48. The zero-order chi connectivity index (χ0) is 28.5. The van der Waals surface area contributed by atoms with Gasteiger partial charge in [-0.3, -0.25) is 23.4 Å². The third kappa shape index (κ3) is 5.44. The van der Waals surface area contributed by atoms with Gasteiger partial charge in [-0.25, -0.2) is 18.1 Å². The highest BCUT2D eigenvalue weighted by atomic mass is 31.2. The lowest BCUT2D eigenvalue weighted by Crippen LogP contribution is -2.35. The number of nitrogens with zero attached hydrogens (tertiary/aromatic N) is 1. The van der Waals surface area contributed by atoms with Crippen LogP contribution in [0.5, 0.6) is 5.75 Å². The lowest BCUT2D eigenvalue weighted by Gasteiger charge is -2.34. The molecule has 1 aromatic heterocycles. The van der Waals surface area contributed by atoms with Crippen molar-refractivity contribution < 1.29 is 38.1 Å². The maximum absolute atomic E-state index is 15.6. The van der Waals surface area contributed by atoms with E-state index in [0.29, 0.717) is 15.7 Å². The molecule has 1 unspecified atom stereocenters. The van der Waals surface area contributed by atoms with Crippen LogP contribution in [-0.2, 0) is 35.8 Å². The quantitative estimate of drug-likeness (QED) is 0.553. The largest absolute Gasteiger partial charge is 0.530 e. The molecule has 1 saturated heterocycles. The molecule has 2 N–H and O–H groups in total. The second-order valence-electron chi connectivity index (χ2n) is 11.2. The van der Waals surface area contributed by atoms with Crippen LogP contribution in [0, 0.1) is 5.82 Å². The fourth-order valence-corrected chi connectivity index (χ4v) is 5.37. The zero-order valence-electron chi connectivity index (χ0n) is 22.4. The van der Waals surface area contributed by atoms with Gasteiger partial charge in [-0.1, -0.05) is 41.5 Å². The number of alkyl halides is 1. The Labute approximate surface area is 213 Å². The zero-order valence-corrected chi connectivity index (χ0v) is 22.3. The summed E-state index contributed by atoms with van der Waals surface area (Å²) >= 11 is 0. The molecule has 2 aliphatic heterocycles. The van der Waals surface area contributed by atoms with E-state index >= 15 is 8.78 Å². The summed E-state index contributed by atoms with van der Waals surface area (Å²) in [5.74, 6) is -3.48. The van der Waals surface area contributed by atoms with Crippen molar-refractivity contribution in [1.29, 1.82) is 0 Å². The molecule has 0 amide bonds. The number of aromatic amines is 1. The Kier molecular flexibility index (Phi) is 6.48. The first-order chi connectivity index (χ1) is 17.3. The molecule has 4 atom stereocenters. The first-order valence-corrected chi connectivity index (χ1v) is 13.1. The van der Waals surface area contributed by atoms with Crippen LogP contribution in [0.15, 0.2) is 27.9 Å². The van der Waals surface area contributed by atoms with E-state index in [2.05, 4.69) is 0 Å². The van der Waals surface area contributed by atoms with Gasteiger partial charge in [-0.15, -0.1) is 0 Å². The predicted molar refractivity (Wildman–Crippen MR) is 129 cm³/mol. The Balaban J connectivity index is 1.60. The minimum absolute atomic E-state index is 0.0208. The molecule has 37 heavy (non-hydrogen) atoms. The van der Waals surface area contributed by atoms with Crippen LogP contribution in [0.25, 0.3) is 0 Å². The van der Waals surface area contributed by atoms with E-state index in [1.165, 1.54) is 0 Å². The van der Waals surface area contributed by atoms with Crippen molar-refractivity contribution in [1.82, 2.24) is 9.55 Å². The minimum Gasteiger partial charge on any atom is -0.403 e. The van der Waals surface area contributed by atoms with Gasteiger partial charge >= 0.3 is 13.5 Å². The van der Waals surface area contributed by atoms with Crippen LogP contribution >= 0.6 is 7.82 Å². The number of nitrogens with one attached hydrogen (secondary N) is 1. The fourth-order valence-electron chi connectivity index (χ4n) is 4.12. The van der Waals surface area contributed by atoms with E-state index in [0.717, 1.165) is 12.3 Å². The van der Waals surface area contributed by atoms with E-state index in [1.54, 1.807) is 6.07 Å². The van der Waals surface area contributed by atoms with Crippen LogP contribution in [0.3, 0.4) is 0 Å². The number of aromatic nitrogens is 2. The maximum atomic E-state index is 15.6. The third-order valence-electron chi connectivity index (χ3n) is 6.07. The van der Waals surface area contributed by atoms with Gasteiger partial charge in [0, 0.05) is 24.2 Å². The van der Waals surface area contributed by atoms with Gasteiger partial charge in [-0.2, -0.15) is 0 Å². The number of fused-ring (bicyclic) bond motifs is 1. The SMILES string of the molecule is [2H][C@@]1(n2ccc(=O)[nH]c2=O)O[C@](F)(COP2(=O)OCc3c(F)c(C(C)(C)C)cc(C(C)(C)C)c3O2)C[C@H]1O. The van der Waals surface area contributed by atoms with Gasteiger partial charge in [0.2, 0.25) is 5.85 Å². The smallest absolute Gasteiger partial charge is 0.403 e. The molecular formula is C24H31F2N2O8P. The topological polar surface area (TPSA) is 129 Å². The molecule has 13 heteroatoms. The average molecular weight is 545 g/mol. The molecule has 0 bridgehead atoms. The number of H-pyrrole nitrogens is 1. The van der Waals surface area contributed by atoms with Crippen molar-refractivity contribution >= 4 is 7.82 Å². The van der Waals surface area contributed by atoms with Crippen LogP contribution in [0.2, 0.25) is 0 Å². The monoisotopic (exact) mass is 545 g/mol. The standard InChI is InChI=1S/C24H31F2N2O8P/c1-22(2,3)14-9-15(23(4,5)6)19-13(18(14)25)11-33-37(32,36-19)34-12-24(26)10-16(29)20(35-24)28-8-7-17(30)27-21(28)31/h7-9,16,20,29H,10-12H2,1-6H3,(H,27,30,31)/t16-,20-,24+,37?/m1/s1/i20D. The number of hydrogen-bond donors (Lipinski definition) is 2. The second kappa shape index (κ2) is 9.13. The van der Waals surface area contributed by atoms with E-state index < -0.39 is 73.5 Å². The lowest BCUT2D eigenvalue weighted by atomic mass is 9.78. The van der Waals surface area contributed by atoms with E-state index in [9.17, 15) is 19.3 Å². The number of phosphoric ester groups is 1. The number of aliphatic hydroxyl groups excluding tert-OH is 1. The minimum atomic E-state index is -4.51. The van der Waals surface area contributed by atoms with Crippen LogP contribution in [0.1, 0.15) is 72.2 Å². The van der Waals surface area contributed by atoms with Gasteiger partial charge in [0.05, 0.1) is 13.5 Å². The Morgan fingerprint density at radius 3 is 2.51 bits per heavy atom. The van der Waals surface area contributed by atoms with Crippen molar-refractivity contribution in [3.05, 3.63) is 61.7 Å². The summed E-state index contributed by atoms with van der Waals surface area (Å²) in [6, 6.07) is 2.55. The Morgan fingerprint density at radius 1 is 1.27 bits per heavy atom. The van der Waals surface area contributed by atoms with Crippen molar-refractivity contribution in [3.63, 3.8) is 0 Å². The molecule has 1 aromatic carbocycles. The molecule has 3 heterocycles. The Bertz CT molecular complexity index is 1430. The third-order valence-corrected chi connectivity index (χ3v) is 7.36. The van der Waals surface area contributed by atoms with Gasteiger partial charge in [0.1, 0.15) is 24.3 Å². The molecule has 0 radical (unpaired) electrons. The van der Waals surface area contributed by atoms with Crippen molar-refractivity contribution in [3.8, 4) is 5.75 Å². The van der Waals surface area contributed by atoms with E-state index in [1.807, 2.05) is 46.5 Å². The second-order valence-corrected chi connectivity index (χ2v) is 12.8. The predicted octanol–water partition coefficient (Wildman–Crippen LogP) is 3.95. The van der Waals surface area contributed by atoms with Gasteiger partial charge in [0.25, 0.3) is 5.56 Å². The van der Waals surface area contributed by atoms with Crippen molar-refractivity contribution in [2.75, 3.05) is 6.61 Å². The Morgan fingerprint density at radius 2 is 1.92 bits per heavy atom. The van der Waals surface area contributed by atoms with Crippen LogP contribution in [0.4, 0.5) is 8.78 Å². The summed E-state index contributed by atoms with van der Waals surface area (Å²) in [4.78, 5) is 25.3. The lowest BCUT2D eigenvalue weighted by molar-refractivity contribution is -0.179. The van der Waals surface area contributed by atoms with Crippen molar-refractivity contribution in [2.24, 2.45) is 0 Å². The number of aliphatic hydroxyl groups is 1. The number of rotatable bonds is 4. The normalized spacial score (nSPS) is 30.5. The van der Waals surface area contributed by atoms with Gasteiger partial charge < -0.3 is 14.4 Å². The Hall–Kier alpha value is -2.37. The average Bonchev–Trinajstić information content (AvgIpc) is 3.00. The summed E-state index contributed by atoms with van der Waals surface area (Å²) in [7, 11) is -4.51. The van der Waals surface area contributed by atoms with Crippen molar-refractivity contribution in [2.45, 2.75) is 83.6 Å². The van der Waals surface area contributed by atoms with E-state index in [-0.39, 0.29) is 11.3 Å². The molecular weight excluding hydrogens is 513 g/mol. The number of ether oxygens (including phenoxy) is 1. The molecule has 1 fully saturated rings. The maximum Gasteiger partial charge on any atom is 0.530 e. The van der Waals surface area contributed by atoms with E-state index in [4.69, 9.17) is 19.7 Å². The summed E-state index contributed by atoms with van der Waals surface area (Å²) in [5, 5.41) is 10.4. The highest BCUT2D eigenvalue weighted by Gasteiger charge is 2.51.